The Morgan fingerprint density at radius 1 is 1.20 bits per heavy atom. The number of benzene rings is 1. The van der Waals surface area contributed by atoms with Crippen LogP contribution in [0.3, 0.4) is 0 Å². The van der Waals surface area contributed by atoms with Crippen LogP contribution in [0.2, 0.25) is 5.02 Å². The van der Waals surface area contributed by atoms with Crippen molar-refractivity contribution in [3.63, 3.8) is 0 Å². The molecule has 0 atom stereocenters. The van der Waals surface area contributed by atoms with Crippen molar-refractivity contribution in [2.24, 2.45) is 0 Å². The van der Waals surface area contributed by atoms with Crippen molar-refractivity contribution in [3.8, 4) is 11.3 Å². The topological polar surface area (TPSA) is 34.9 Å². The lowest BCUT2D eigenvalue weighted by Crippen LogP contribution is -2.15. The lowest BCUT2D eigenvalue weighted by Gasteiger charge is -2.15. The predicted molar refractivity (Wildman–Crippen MR) is 80.3 cm³/mol. The van der Waals surface area contributed by atoms with Gasteiger partial charge in [0, 0.05) is 23.0 Å². The van der Waals surface area contributed by atoms with Gasteiger partial charge in [0.25, 0.3) is 0 Å². The van der Waals surface area contributed by atoms with E-state index < -0.39 is 0 Å². The Kier molecular flexibility index (Phi) is 3.38. The van der Waals surface area contributed by atoms with Gasteiger partial charge in [-0.3, -0.25) is 9.48 Å². The molecule has 1 heterocycles. The number of hydrogen-bond acceptors (Lipinski definition) is 2. The average Bonchev–Trinajstić information content (AvgIpc) is 2.81. The third-order valence-corrected chi connectivity index (χ3v) is 3.96. The highest BCUT2D eigenvalue weighted by atomic mass is 35.5. The van der Waals surface area contributed by atoms with Crippen LogP contribution in [0.1, 0.15) is 48.8 Å². The predicted octanol–water partition coefficient (Wildman–Crippen LogP) is 4.30. The van der Waals surface area contributed by atoms with Gasteiger partial charge in [0.15, 0.2) is 5.78 Å². The molecule has 4 heteroatoms. The van der Waals surface area contributed by atoms with Gasteiger partial charge >= 0.3 is 0 Å². The number of Topliss-reactive ketones (excluding diaryl/α,β-unsaturated/α-hetero) is 1. The first kappa shape index (κ1) is 13.4. The summed E-state index contributed by atoms with van der Waals surface area (Å²) in [6, 6.07) is 7.79. The molecule has 0 N–H and O–H groups in total. The molecule has 0 fully saturated rings. The van der Waals surface area contributed by atoms with E-state index in [-0.39, 0.29) is 11.8 Å². The standard InChI is InChI=1S/C16H17ClN2O/c1-10(2)19-13-4-3-5-14(20)15(13)16(18-19)11-6-8-12(17)9-7-11/h6-10H,3-5H2,1-2H3. The van der Waals surface area contributed by atoms with Gasteiger partial charge in [0.05, 0.1) is 11.3 Å². The van der Waals surface area contributed by atoms with Crippen LogP contribution in [-0.2, 0) is 6.42 Å². The van der Waals surface area contributed by atoms with E-state index in [0.29, 0.717) is 11.4 Å². The normalized spacial score (nSPS) is 14.7. The molecule has 0 aliphatic heterocycles. The zero-order valence-corrected chi connectivity index (χ0v) is 12.4. The Morgan fingerprint density at radius 2 is 1.90 bits per heavy atom. The highest BCUT2D eigenvalue weighted by Gasteiger charge is 2.28. The molecule has 3 nitrogen and oxygen atoms in total. The average molecular weight is 289 g/mol. The maximum Gasteiger partial charge on any atom is 0.166 e. The quantitative estimate of drug-likeness (QED) is 0.825. The fourth-order valence-electron chi connectivity index (χ4n) is 2.78. The van der Waals surface area contributed by atoms with Crippen LogP contribution in [0.5, 0.6) is 0 Å². The summed E-state index contributed by atoms with van der Waals surface area (Å²) in [6.45, 7) is 4.19. The number of fused-ring (bicyclic) bond motifs is 1. The molecular formula is C16H17ClN2O. The van der Waals surface area contributed by atoms with Crippen molar-refractivity contribution >= 4 is 17.4 Å². The summed E-state index contributed by atoms with van der Waals surface area (Å²) in [5, 5.41) is 5.39. The maximum atomic E-state index is 12.3. The molecule has 3 rings (SSSR count). The van der Waals surface area contributed by atoms with Gasteiger partial charge in [-0.1, -0.05) is 23.7 Å². The molecule has 0 spiro atoms. The summed E-state index contributed by atoms with van der Waals surface area (Å²) >= 11 is 5.93. The number of carbonyl (C=O) groups excluding carboxylic acids is 1. The first-order valence-corrected chi connectivity index (χ1v) is 7.36. The van der Waals surface area contributed by atoms with Crippen LogP contribution in [-0.4, -0.2) is 15.6 Å². The molecular weight excluding hydrogens is 272 g/mol. The first-order valence-electron chi connectivity index (χ1n) is 6.98. The van der Waals surface area contributed by atoms with Gasteiger partial charge < -0.3 is 0 Å². The molecule has 1 aliphatic rings. The Morgan fingerprint density at radius 3 is 2.55 bits per heavy atom. The summed E-state index contributed by atoms with van der Waals surface area (Å²) in [7, 11) is 0. The van der Waals surface area contributed by atoms with Crippen LogP contribution in [0.15, 0.2) is 24.3 Å². The molecule has 2 aromatic rings. The van der Waals surface area contributed by atoms with Crippen molar-refractivity contribution in [1.29, 1.82) is 0 Å². The minimum absolute atomic E-state index is 0.211. The lowest BCUT2D eigenvalue weighted by molar-refractivity contribution is 0.0972. The van der Waals surface area contributed by atoms with Gasteiger partial charge in [0.2, 0.25) is 0 Å². The summed E-state index contributed by atoms with van der Waals surface area (Å²) in [4.78, 5) is 12.3. The van der Waals surface area contributed by atoms with E-state index in [4.69, 9.17) is 16.7 Å². The minimum Gasteiger partial charge on any atom is -0.294 e. The summed E-state index contributed by atoms with van der Waals surface area (Å²) in [5.41, 5.74) is 3.66. The number of ketones is 1. The Labute approximate surface area is 123 Å². The van der Waals surface area contributed by atoms with E-state index in [1.807, 2.05) is 28.9 Å². The minimum atomic E-state index is 0.211. The van der Waals surface area contributed by atoms with Crippen molar-refractivity contribution in [2.75, 3.05) is 0 Å². The molecule has 1 aromatic heterocycles. The second-order valence-corrected chi connectivity index (χ2v) is 5.93. The lowest BCUT2D eigenvalue weighted by atomic mass is 9.92. The number of rotatable bonds is 2. The van der Waals surface area contributed by atoms with Crippen molar-refractivity contribution < 1.29 is 4.79 Å². The van der Waals surface area contributed by atoms with Crippen LogP contribution < -0.4 is 0 Å². The van der Waals surface area contributed by atoms with E-state index in [1.165, 1.54) is 0 Å². The highest BCUT2D eigenvalue weighted by Crippen LogP contribution is 2.33. The number of carbonyl (C=O) groups is 1. The molecule has 1 aliphatic carbocycles. The van der Waals surface area contributed by atoms with E-state index in [9.17, 15) is 4.79 Å². The summed E-state index contributed by atoms with van der Waals surface area (Å²) in [5.74, 6) is 0.211. The summed E-state index contributed by atoms with van der Waals surface area (Å²) < 4.78 is 2.00. The van der Waals surface area contributed by atoms with Crippen LogP contribution in [0.25, 0.3) is 11.3 Å². The van der Waals surface area contributed by atoms with Crippen molar-refractivity contribution in [1.82, 2.24) is 9.78 Å². The van der Waals surface area contributed by atoms with Crippen molar-refractivity contribution in [2.45, 2.75) is 39.2 Å². The van der Waals surface area contributed by atoms with E-state index in [0.717, 1.165) is 35.4 Å². The van der Waals surface area contributed by atoms with E-state index in [2.05, 4.69) is 13.8 Å². The van der Waals surface area contributed by atoms with Gasteiger partial charge in [-0.15, -0.1) is 0 Å². The molecule has 20 heavy (non-hydrogen) atoms. The zero-order chi connectivity index (χ0) is 14.3. The smallest absolute Gasteiger partial charge is 0.166 e. The second kappa shape index (κ2) is 5.06. The molecule has 1 aromatic carbocycles. The zero-order valence-electron chi connectivity index (χ0n) is 11.7. The largest absolute Gasteiger partial charge is 0.294 e. The van der Waals surface area contributed by atoms with Crippen LogP contribution in [0, 0.1) is 0 Å². The monoisotopic (exact) mass is 288 g/mol. The molecule has 104 valence electrons. The number of nitrogens with zero attached hydrogens (tertiary/aromatic N) is 2. The molecule has 0 radical (unpaired) electrons. The fraction of sp³-hybridized carbons (Fsp3) is 0.375. The van der Waals surface area contributed by atoms with E-state index >= 15 is 0 Å². The fourth-order valence-corrected chi connectivity index (χ4v) is 2.91. The van der Waals surface area contributed by atoms with Gasteiger partial charge in [0.1, 0.15) is 5.69 Å². The van der Waals surface area contributed by atoms with Crippen LogP contribution in [0.4, 0.5) is 0 Å². The molecule has 0 bridgehead atoms. The molecule has 0 saturated carbocycles. The van der Waals surface area contributed by atoms with Gasteiger partial charge in [-0.05, 0) is 38.8 Å². The Bertz CT molecular complexity index is 656. The maximum absolute atomic E-state index is 12.3. The second-order valence-electron chi connectivity index (χ2n) is 5.49. The number of hydrogen-bond donors (Lipinski definition) is 0. The van der Waals surface area contributed by atoms with E-state index in [1.54, 1.807) is 0 Å². The number of halogens is 1. The third kappa shape index (κ3) is 2.16. The first-order chi connectivity index (χ1) is 9.58. The van der Waals surface area contributed by atoms with Crippen LogP contribution >= 0.6 is 11.6 Å². The molecule has 0 amide bonds. The Hall–Kier alpha value is -1.61. The molecule has 0 saturated heterocycles. The molecule has 0 unspecified atom stereocenters. The number of aromatic nitrogens is 2. The van der Waals surface area contributed by atoms with Gasteiger partial charge in [-0.25, -0.2) is 0 Å². The SMILES string of the molecule is CC(C)n1nc(-c2ccc(Cl)cc2)c2c1CCCC2=O. The third-order valence-electron chi connectivity index (χ3n) is 3.71. The highest BCUT2D eigenvalue weighted by molar-refractivity contribution is 6.30. The van der Waals surface area contributed by atoms with Gasteiger partial charge in [-0.2, -0.15) is 5.10 Å². The van der Waals surface area contributed by atoms with Crippen molar-refractivity contribution in [3.05, 3.63) is 40.5 Å². The summed E-state index contributed by atoms with van der Waals surface area (Å²) in [6.07, 6.45) is 2.47. The Balaban J connectivity index is 2.20.